The fourth-order valence-corrected chi connectivity index (χ4v) is 1.37. The minimum atomic E-state index is -0.493. The molecule has 0 bridgehead atoms. The Morgan fingerprint density at radius 1 is 1.22 bits per heavy atom. The molecule has 0 aliphatic carbocycles. The van der Waals surface area contributed by atoms with E-state index < -0.39 is 4.92 Å². The van der Waals surface area contributed by atoms with Gasteiger partial charge in [-0.05, 0) is 24.3 Å². The first-order chi connectivity index (χ1) is 8.66. The lowest BCUT2D eigenvalue weighted by atomic mass is 10.2. The summed E-state index contributed by atoms with van der Waals surface area (Å²) in [6.07, 6.45) is 3.02. The molecule has 2 rings (SSSR count). The van der Waals surface area contributed by atoms with Crippen LogP contribution in [0.25, 0.3) is 0 Å². The average Bonchev–Trinajstić information content (AvgIpc) is 2.40. The van der Waals surface area contributed by atoms with Crippen LogP contribution < -0.4 is 5.32 Å². The largest absolute Gasteiger partial charge is 0.322 e. The summed E-state index contributed by atoms with van der Waals surface area (Å²) < 4.78 is 0. The number of aromatic nitrogens is 1. The van der Waals surface area contributed by atoms with Gasteiger partial charge in [0.15, 0.2) is 0 Å². The third kappa shape index (κ3) is 2.67. The molecule has 1 N–H and O–H groups in total. The molecular weight excluding hydrogens is 234 g/mol. The number of amides is 1. The summed E-state index contributed by atoms with van der Waals surface area (Å²) in [4.78, 5) is 25.6. The van der Waals surface area contributed by atoms with Crippen LogP contribution in [0.1, 0.15) is 10.4 Å². The number of pyridine rings is 1. The fraction of sp³-hybridized carbons (Fsp3) is 0. The molecule has 18 heavy (non-hydrogen) atoms. The van der Waals surface area contributed by atoms with Crippen LogP contribution in [0.2, 0.25) is 0 Å². The van der Waals surface area contributed by atoms with Crippen molar-refractivity contribution in [2.45, 2.75) is 0 Å². The second-order valence-electron chi connectivity index (χ2n) is 3.50. The van der Waals surface area contributed by atoms with Crippen LogP contribution in [0, 0.1) is 10.1 Å². The molecule has 6 nitrogen and oxygen atoms in total. The van der Waals surface area contributed by atoms with Crippen LogP contribution in [-0.2, 0) is 0 Å². The monoisotopic (exact) mass is 243 g/mol. The molecule has 0 fully saturated rings. The Kier molecular flexibility index (Phi) is 3.29. The smallest absolute Gasteiger partial charge is 0.269 e. The van der Waals surface area contributed by atoms with E-state index >= 15 is 0 Å². The first-order valence-corrected chi connectivity index (χ1v) is 5.12. The maximum Gasteiger partial charge on any atom is 0.269 e. The first-order valence-electron chi connectivity index (χ1n) is 5.12. The molecule has 0 spiro atoms. The number of non-ortho nitro benzene ring substituents is 1. The number of hydrogen-bond acceptors (Lipinski definition) is 4. The zero-order valence-electron chi connectivity index (χ0n) is 9.24. The number of rotatable bonds is 3. The maximum absolute atomic E-state index is 11.7. The molecule has 1 amide bonds. The van der Waals surface area contributed by atoms with Crippen molar-refractivity contribution in [3.8, 4) is 0 Å². The average molecular weight is 243 g/mol. The van der Waals surface area contributed by atoms with Crippen molar-refractivity contribution in [3.63, 3.8) is 0 Å². The number of anilines is 1. The van der Waals surface area contributed by atoms with E-state index in [1.165, 1.54) is 30.5 Å². The third-order valence-electron chi connectivity index (χ3n) is 2.26. The van der Waals surface area contributed by atoms with Crippen molar-refractivity contribution in [3.05, 3.63) is 64.5 Å². The summed E-state index contributed by atoms with van der Waals surface area (Å²) in [5, 5.41) is 13.1. The van der Waals surface area contributed by atoms with E-state index in [9.17, 15) is 14.9 Å². The topological polar surface area (TPSA) is 85.1 Å². The van der Waals surface area contributed by atoms with Gasteiger partial charge in [-0.1, -0.05) is 0 Å². The summed E-state index contributed by atoms with van der Waals surface area (Å²) >= 11 is 0. The quantitative estimate of drug-likeness (QED) is 0.661. The molecule has 0 aliphatic heterocycles. The van der Waals surface area contributed by atoms with Gasteiger partial charge in [0.1, 0.15) is 0 Å². The molecule has 0 aliphatic rings. The Hall–Kier alpha value is -2.76. The Morgan fingerprint density at radius 3 is 2.50 bits per heavy atom. The summed E-state index contributed by atoms with van der Waals surface area (Å²) in [5.74, 6) is -0.308. The van der Waals surface area contributed by atoms with Crippen LogP contribution in [-0.4, -0.2) is 15.8 Å². The van der Waals surface area contributed by atoms with Crippen LogP contribution in [0.15, 0.2) is 48.8 Å². The molecule has 0 radical (unpaired) electrons. The lowest BCUT2D eigenvalue weighted by molar-refractivity contribution is -0.384. The van der Waals surface area contributed by atoms with Crippen molar-refractivity contribution in [2.24, 2.45) is 0 Å². The normalized spacial score (nSPS) is 9.78. The van der Waals surface area contributed by atoms with Crippen LogP contribution in [0.4, 0.5) is 11.4 Å². The van der Waals surface area contributed by atoms with Crippen molar-refractivity contribution >= 4 is 17.3 Å². The van der Waals surface area contributed by atoms with Gasteiger partial charge in [-0.15, -0.1) is 0 Å². The highest BCUT2D eigenvalue weighted by atomic mass is 16.6. The summed E-state index contributed by atoms with van der Waals surface area (Å²) in [7, 11) is 0. The minimum Gasteiger partial charge on any atom is -0.322 e. The minimum absolute atomic E-state index is 0.0191. The van der Waals surface area contributed by atoms with E-state index in [4.69, 9.17) is 0 Å². The third-order valence-corrected chi connectivity index (χ3v) is 2.26. The molecule has 1 heterocycles. The summed E-state index contributed by atoms with van der Waals surface area (Å²) in [5.41, 5.74) is 0.902. The molecule has 0 saturated carbocycles. The predicted octanol–water partition coefficient (Wildman–Crippen LogP) is 2.24. The highest BCUT2D eigenvalue weighted by Gasteiger charge is 2.07. The molecular formula is C12H9N3O3. The molecule has 1 aromatic heterocycles. The second kappa shape index (κ2) is 5.05. The number of nitro benzene ring substituents is 1. The summed E-state index contributed by atoms with van der Waals surface area (Å²) in [6.45, 7) is 0. The van der Waals surface area contributed by atoms with Gasteiger partial charge < -0.3 is 5.32 Å². The van der Waals surface area contributed by atoms with Crippen molar-refractivity contribution in [1.29, 1.82) is 0 Å². The van der Waals surface area contributed by atoms with E-state index in [2.05, 4.69) is 10.3 Å². The zero-order valence-corrected chi connectivity index (χ0v) is 9.24. The van der Waals surface area contributed by atoms with Crippen molar-refractivity contribution < 1.29 is 9.72 Å². The van der Waals surface area contributed by atoms with E-state index in [-0.39, 0.29) is 11.6 Å². The van der Waals surface area contributed by atoms with E-state index in [0.29, 0.717) is 11.3 Å². The van der Waals surface area contributed by atoms with Crippen LogP contribution in [0.3, 0.4) is 0 Å². The summed E-state index contributed by atoms with van der Waals surface area (Å²) in [6, 6.07) is 8.91. The lowest BCUT2D eigenvalue weighted by Gasteiger charge is -2.04. The Bertz CT molecular complexity index is 567. The second-order valence-corrected chi connectivity index (χ2v) is 3.50. The predicted molar refractivity (Wildman–Crippen MR) is 65.3 cm³/mol. The van der Waals surface area contributed by atoms with Crippen molar-refractivity contribution in [1.82, 2.24) is 4.98 Å². The number of hydrogen-bond donors (Lipinski definition) is 1. The zero-order chi connectivity index (χ0) is 13.0. The van der Waals surface area contributed by atoms with Gasteiger partial charge in [-0.2, -0.15) is 0 Å². The van der Waals surface area contributed by atoms with Crippen molar-refractivity contribution in [2.75, 3.05) is 5.32 Å². The number of nitro groups is 1. The number of nitrogens with zero attached hydrogens (tertiary/aromatic N) is 2. The standard InChI is InChI=1S/C12H9N3O3/c16-12(9-2-1-7-13-8-9)14-10-3-5-11(6-4-10)15(17)18/h1-8H,(H,14,16). The number of carbonyl (C=O) groups is 1. The van der Waals surface area contributed by atoms with Gasteiger partial charge in [-0.25, -0.2) is 0 Å². The molecule has 0 unspecified atom stereocenters. The molecule has 0 saturated heterocycles. The molecule has 90 valence electrons. The van der Waals surface area contributed by atoms with Gasteiger partial charge in [0.2, 0.25) is 0 Å². The fourth-order valence-electron chi connectivity index (χ4n) is 1.37. The SMILES string of the molecule is O=C(Nc1ccc([N+](=O)[O-])cc1)c1cccnc1. The Morgan fingerprint density at radius 2 is 1.94 bits per heavy atom. The molecule has 1 aromatic carbocycles. The highest BCUT2D eigenvalue weighted by Crippen LogP contribution is 2.15. The van der Waals surface area contributed by atoms with E-state index in [1.807, 2.05) is 0 Å². The maximum atomic E-state index is 11.7. The highest BCUT2D eigenvalue weighted by molar-refractivity contribution is 6.04. The molecule has 0 atom stereocenters. The number of nitrogens with one attached hydrogen (secondary N) is 1. The molecule has 2 aromatic rings. The Balaban J connectivity index is 2.10. The van der Waals surface area contributed by atoms with Gasteiger partial charge in [0.25, 0.3) is 11.6 Å². The van der Waals surface area contributed by atoms with Gasteiger partial charge in [0, 0.05) is 30.2 Å². The first kappa shape index (κ1) is 11.7. The number of benzene rings is 1. The van der Waals surface area contributed by atoms with E-state index in [1.54, 1.807) is 18.3 Å². The Labute approximate surface area is 102 Å². The van der Waals surface area contributed by atoms with Gasteiger partial charge in [0.05, 0.1) is 10.5 Å². The van der Waals surface area contributed by atoms with Gasteiger partial charge >= 0.3 is 0 Å². The van der Waals surface area contributed by atoms with Crippen LogP contribution >= 0.6 is 0 Å². The molecule has 6 heteroatoms. The number of carbonyl (C=O) groups excluding carboxylic acids is 1. The van der Waals surface area contributed by atoms with Crippen LogP contribution in [0.5, 0.6) is 0 Å². The lowest BCUT2D eigenvalue weighted by Crippen LogP contribution is -2.11. The van der Waals surface area contributed by atoms with E-state index in [0.717, 1.165) is 0 Å². The van der Waals surface area contributed by atoms with Gasteiger partial charge in [-0.3, -0.25) is 19.9 Å².